The summed E-state index contributed by atoms with van der Waals surface area (Å²) in [6.07, 6.45) is 11.1. The summed E-state index contributed by atoms with van der Waals surface area (Å²) in [6, 6.07) is 6.23. The van der Waals surface area contributed by atoms with Gasteiger partial charge in [0, 0.05) is 24.8 Å². The minimum Gasteiger partial charge on any atom is -0.291 e. The predicted molar refractivity (Wildman–Crippen MR) is 94.2 cm³/mol. The molecular weight excluding hydrogens is 314 g/mol. The van der Waals surface area contributed by atoms with E-state index in [1.54, 1.807) is 18.7 Å². The second-order valence-electron chi connectivity index (χ2n) is 5.97. The van der Waals surface area contributed by atoms with E-state index < -0.39 is 0 Å². The molecule has 0 amide bonds. The molecule has 5 aromatic rings. The maximum absolute atomic E-state index is 4.60. The summed E-state index contributed by atoms with van der Waals surface area (Å²) in [4.78, 5) is 17.6. The van der Waals surface area contributed by atoms with Crippen LogP contribution in [0.3, 0.4) is 0 Å². The Labute approximate surface area is 143 Å². The molecule has 4 aromatic heterocycles. The van der Waals surface area contributed by atoms with Gasteiger partial charge in [0.25, 0.3) is 0 Å². The van der Waals surface area contributed by atoms with Crippen molar-refractivity contribution in [3.8, 4) is 11.4 Å². The van der Waals surface area contributed by atoms with Crippen LogP contribution in [-0.2, 0) is 0 Å². The Balaban J connectivity index is 1.88. The SMILES string of the molecule is Cc1cccc(-n2c(C)nc3cncnc32)c1-n1ccn2ccnc12. The minimum atomic E-state index is 0.783. The molecule has 25 heavy (non-hydrogen) atoms. The van der Waals surface area contributed by atoms with Gasteiger partial charge in [0.15, 0.2) is 5.65 Å². The molecule has 0 radical (unpaired) electrons. The Kier molecular flexibility index (Phi) is 2.79. The molecule has 5 rings (SSSR count). The zero-order valence-corrected chi connectivity index (χ0v) is 13.8. The van der Waals surface area contributed by atoms with E-state index in [0.29, 0.717) is 0 Å². The van der Waals surface area contributed by atoms with Crippen molar-refractivity contribution in [2.45, 2.75) is 13.8 Å². The molecule has 0 aliphatic carbocycles. The normalized spacial score (nSPS) is 11.6. The van der Waals surface area contributed by atoms with Gasteiger partial charge >= 0.3 is 0 Å². The van der Waals surface area contributed by atoms with Crippen LogP contribution in [0.15, 0.2) is 55.5 Å². The van der Waals surface area contributed by atoms with Crippen LogP contribution < -0.4 is 0 Å². The third-order valence-corrected chi connectivity index (χ3v) is 4.43. The summed E-state index contributed by atoms with van der Waals surface area (Å²) in [7, 11) is 0. The molecule has 0 atom stereocenters. The Morgan fingerprint density at radius 1 is 1.00 bits per heavy atom. The lowest BCUT2D eigenvalue weighted by Crippen LogP contribution is -2.07. The van der Waals surface area contributed by atoms with Crippen LogP contribution in [0.2, 0.25) is 0 Å². The van der Waals surface area contributed by atoms with Crippen molar-refractivity contribution in [3.63, 3.8) is 0 Å². The molecule has 0 saturated carbocycles. The van der Waals surface area contributed by atoms with Crippen molar-refractivity contribution < 1.29 is 0 Å². The number of hydrogen-bond donors (Lipinski definition) is 0. The number of imidazole rings is 3. The average Bonchev–Trinajstić information content (AvgIpc) is 3.28. The van der Waals surface area contributed by atoms with E-state index in [9.17, 15) is 0 Å². The number of nitrogens with zero attached hydrogens (tertiary/aromatic N) is 7. The number of para-hydroxylation sites is 1. The first-order valence-corrected chi connectivity index (χ1v) is 7.99. The van der Waals surface area contributed by atoms with E-state index in [0.717, 1.165) is 39.7 Å². The van der Waals surface area contributed by atoms with E-state index in [-0.39, 0.29) is 0 Å². The monoisotopic (exact) mass is 329 g/mol. The van der Waals surface area contributed by atoms with Gasteiger partial charge < -0.3 is 0 Å². The number of benzene rings is 1. The van der Waals surface area contributed by atoms with Crippen molar-refractivity contribution in [2.75, 3.05) is 0 Å². The largest absolute Gasteiger partial charge is 0.291 e. The molecule has 0 bridgehead atoms. The predicted octanol–water partition coefficient (Wildman–Crippen LogP) is 2.87. The topological polar surface area (TPSA) is 65.8 Å². The molecule has 0 aliphatic heterocycles. The summed E-state index contributed by atoms with van der Waals surface area (Å²) < 4.78 is 6.16. The third-order valence-electron chi connectivity index (χ3n) is 4.43. The Bertz CT molecular complexity index is 1220. The van der Waals surface area contributed by atoms with Crippen LogP contribution >= 0.6 is 0 Å². The number of aryl methyl sites for hydroxylation is 2. The summed E-state index contributed by atoms with van der Waals surface area (Å²) in [6.45, 7) is 4.08. The first-order valence-electron chi connectivity index (χ1n) is 7.99. The summed E-state index contributed by atoms with van der Waals surface area (Å²) in [5.74, 6) is 1.74. The Morgan fingerprint density at radius 2 is 1.92 bits per heavy atom. The van der Waals surface area contributed by atoms with Gasteiger partial charge in [-0.2, -0.15) is 0 Å². The summed E-state index contributed by atoms with van der Waals surface area (Å²) in [5, 5.41) is 0. The average molecular weight is 329 g/mol. The van der Waals surface area contributed by atoms with Gasteiger partial charge in [-0.25, -0.2) is 19.9 Å². The zero-order chi connectivity index (χ0) is 17.0. The number of rotatable bonds is 2. The standard InChI is InChI=1S/C18H15N7/c1-12-4-3-5-15(16(12)24-9-8-23-7-6-20-18(23)24)25-13(2)22-14-10-19-11-21-17(14)25/h3-11H,1-2H3. The van der Waals surface area contributed by atoms with Crippen LogP contribution in [0.5, 0.6) is 0 Å². The van der Waals surface area contributed by atoms with Crippen molar-refractivity contribution in [2.24, 2.45) is 0 Å². The van der Waals surface area contributed by atoms with E-state index in [1.807, 2.05) is 36.0 Å². The molecule has 0 unspecified atom stereocenters. The highest BCUT2D eigenvalue weighted by atomic mass is 15.2. The smallest absolute Gasteiger partial charge is 0.218 e. The number of fused-ring (bicyclic) bond motifs is 2. The van der Waals surface area contributed by atoms with Gasteiger partial charge in [-0.15, -0.1) is 0 Å². The van der Waals surface area contributed by atoms with Gasteiger partial charge in [0.2, 0.25) is 5.78 Å². The Morgan fingerprint density at radius 3 is 2.84 bits per heavy atom. The summed E-state index contributed by atoms with van der Waals surface area (Å²) in [5.41, 5.74) is 4.80. The van der Waals surface area contributed by atoms with Gasteiger partial charge in [-0.3, -0.25) is 13.5 Å². The quantitative estimate of drug-likeness (QED) is 0.499. The van der Waals surface area contributed by atoms with Crippen LogP contribution in [0, 0.1) is 13.8 Å². The molecule has 7 nitrogen and oxygen atoms in total. The second-order valence-corrected chi connectivity index (χ2v) is 5.97. The lowest BCUT2D eigenvalue weighted by atomic mass is 10.1. The highest BCUT2D eigenvalue weighted by molar-refractivity contribution is 5.75. The van der Waals surface area contributed by atoms with Gasteiger partial charge in [-0.1, -0.05) is 12.1 Å². The third kappa shape index (κ3) is 1.92. The van der Waals surface area contributed by atoms with Gasteiger partial charge in [-0.05, 0) is 25.5 Å². The molecule has 4 heterocycles. The molecular formula is C18H15N7. The Hall–Kier alpha value is -3.48. The fraction of sp³-hybridized carbons (Fsp3) is 0.111. The van der Waals surface area contributed by atoms with E-state index in [2.05, 4.69) is 48.1 Å². The fourth-order valence-corrected chi connectivity index (χ4v) is 3.36. The van der Waals surface area contributed by atoms with Crippen molar-refractivity contribution in [1.82, 2.24) is 33.5 Å². The highest BCUT2D eigenvalue weighted by Crippen LogP contribution is 2.28. The van der Waals surface area contributed by atoms with Crippen LogP contribution in [0.1, 0.15) is 11.4 Å². The second kappa shape index (κ2) is 5.01. The molecule has 1 aromatic carbocycles. The first-order chi connectivity index (χ1) is 12.2. The van der Waals surface area contributed by atoms with Crippen molar-refractivity contribution >= 4 is 16.9 Å². The van der Waals surface area contributed by atoms with E-state index in [4.69, 9.17) is 0 Å². The van der Waals surface area contributed by atoms with Crippen molar-refractivity contribution in [1.29, 1.82) is 0 Å². The van der Waals surface area contributed by atoms with E-state index in [1.165, 1.54) is 0 Å². The number of hydrogen-bond acceptors (Lipinski definition) is 4. The lowest BCUT2D eigenvalue weighted by Gasteiger charge is -2.16. The molecule has 0 aliphatic rings. The minimum absolute atomic E-state index is 0.783. The van der Waals surface area contributed by atoms with E-state index >= 15 is 0 Å². The fourth-order valence-electron chi connectivity index (χ4n) is 3.36. The van der Waals surface area contributed by atoms with Crippen LogP contribution in [0.25, 0.3) is 28.3 Å². The van der Waals surface area contributed by atoms with Crippen LogP contribution in [0.4, 0.5) is 0 Å². The summed E-state index contributed by atoms with van der Waals surface area (Å²) >= 11 is 0. The maximum Gasteiger partial charge on any atom is 0.218 e. The molecule has 0 spiro atoms. The molecule has 0 N–H and O–H groups in total. The molecule has 0 saturated heterocycles. The zero-order valence-electron chi connectivity index (χ0n) is 13.8. The molecule has 122 valence electrons. The van der Waals surface area contributed by atoms with Crippen LogP contribution in [-0.4, -0.2) is 33.5 Å². The molecule has 0 fully saturated rings. The number of aromatic nitrogens is 7. The molecule has 7 heteroatoms. The first kappa shape index (κ1) is 13.9. The lowest BCUT2D eigenvalue weighted by molar-refractivity contribution is 0.949. The maximum atomic E-state index is 4.60. The van der Waals surface area contributed by atoms with Crippen molar-refractivity contribution in [3.05, 3.63) is 66.9 Å². The van der Waals surface area contributed by atoms with Gasteiger partial charge in [0.1, 0.15) is 17.7 Å². The highest BCUT2D eigenvalue weighted by Gasteiger charge is 2.17. The van der Waals surface area contributed by atoms with Gasteiger partial charge in [0.05, 0.1) is 17.6 Å².